The fourth-order valence-electron chi connectivity index (χ4n) is 3.71. The van der Waals surface area contributed by atoms with Crippen molar-refractivity contribution in [3.63, 3.8) is 0 Å². The Kier molecular flexibility index (Phi) is 5.50. The zero-order chi connectivity index (χ0) is 18.8. The number of aromatic nitrogens is 2. The van der Waals surface area contributed by atoms with Crippen LogP contribution in [0.5, 0.6) is 0 Å². The maximum Gasteiger partial charge on any atom is 0.264 e. The highest BCUT2D eigenvalue weighted by atomic mass is 35.5. The van der Waals surface area contributed by atoms with Gasteiger partial charge in [0.15, 0.2) is 0 Å². The second kappa shape index (κ2) is 8.02. The second-order valence-corrected chi connectivity index (χ2v) is 8.78. The first-order chi connectivity index (χ1) is 13.1. The summed E-state index contributed by atoms with van der Waals surface area (Å²) < 4.78 is 0.652. The van der Waals surface area contributed by atoms with Crippen molar-refractivity contribution in [2.45, 2.75) is 26.2 Å². The molecule has 0 bridgehead atoms. The third-order valence-corrected chi connectivity index (χ3v) is 6.38. The van der Waals surface area contributed by atoms with Gasteiger partial charge in [-0.2, -0.15) is 0 Å². The summed E-state index contributed by atoms with van der Waals surface area (Å²) >= 11 is 7.30. The zero-order valence-electron chi connectivity index (χ0n) is 15.5. The predicted octanol–water partition coefficient (Wildman–Crippen LogP) is 3.45. The topological polar surface area (TPSA) is 52.6 Å². The lowest BCUT2D eigenvalue weighted by Gasteiger charge is -2.36. The molecule has 0 aromatic carbocycles. The van der Waals surface area contributed by atoms with Gasteiger partial charge in [0.25, 0.3) is 5.91 Å². The van der Waals surface area contributed by atoms with E-state index >= 15 is 0 Å². The molecule has 0 spiro atoms. The SMILES string of the molecule is Cc1nc(N2CCCCC2)cc(N2CCN(C(=O)c3ccc(Cl)s3)CC2)n1. The average Bonchev–Trinajstić information content (AvgIpc) is 3.14. The van der Waals surface area contributed by atoms with Gasteiger partial charge in [-0.1, -0.05) is 11.6 Å². The van der Waals surface area contributed by atoms with Crippen molar-refractivity contribution in [1.82, 2.24) is 14.9 Å². The second-order valence-electron chi connectivity index (χ2n) is 7.06. The normalized spacial score (nSPS) is 18.1. The number of carbonyl (C=O) groups is 1. The molecule has 2 saturated heterocycles. The van der Waals surface area contributed by atoms with Gasteiger partial charge in [0.1, 0.15) is 17.5 Å². The van der Waals surface area contributed by atoms with Crippen LogP contribution in [0.1, 0.15) is 34.8 Å². The highest BCUT2D eigenvalue weighted by molar-refractivity contribution is 7.17. The lowest BCUT2D eigenvalue weighted by Crippen LogP contribution is -2.49. The van der Waals surface area contributed by atoms with Crippen LogP contribution in [0.3, 0.4) is 0 Å². The van der Waals surface area contributed by atoms with Crippen molar-refractivity contribution >= 4 is 40.5 Å². The molecular formula is C19H24ClN5OS. The van der Waals surface area contributed by atoms with Gasteiger partial charge in [0, 0.05) is 45.3 Å². The van der Waals surface area contributed by atoms with E-state index in [1.54, 1.807) is 12.1 Å². The molecule has 6 nitrogen and oxygen atoms in total. The highest BCUT2D eigenvalue weighted by Gasteiger charge is 2.25. The Morgan fingerprint density at radius 1 is 0.963 bits per heavy atom. The monoisotopic (exact) mass is 405 g/mol. The molecule has 0 radical (unpaired) electrons. The predicted molar refractivity (Wildman–Crippen MR) is 110 cm³/mol. The molecule has 0 N–H and O–H groups in total. The largest absolute Gasteiger partial charge is 0.356 e. The average molecular weight is 406 g/mol. The van der Waals surface area contributed by atoms with Crippen molar-refractivity contribution in [1.29, 1.82) is 0 Å². The van der Waals surface area contributed by atoms with E-state index in [0.29, 0.717) is 22.3 Å². The molecule has 8 heteroatoms. The first kappa shape index (κ1) is 18.5. The van der Waals surface area contributed by atoms with Crippen molar-refractivity contribution in [2.24, 2.45) is 0 Å². The van der Waals surface area contributed by atoms with Crippen molar-refractivity contribution in [3.05, 3.63) is 33.2 Å². The number of aryl methyl sites for hydroxylation is 1. The van der Waals surface area contributed by atoms with E-state index < -0.39 is 0 Å². The standard InChI is InChI=1S/C19H24ClN5OS/c1-14-21-17(23-7-3-2-4-8-23)13-18(22-14)24-9-11-25(12-10-24)19(26)15-5-6-16(20)27-15/h5-6,13H,2-4,7-12H2,1H3. The van der Waals surface area contributed by atoms with Gasteiger partial charge in [0.05, 0.1) is 9.21 Å². The van der Waals surface area contributed by atoms with Gasteiger partial charge < -0.3 is 14.7 Å². The van der Waals surface area contributed by atoms with Crippen molar-refractivity contribution in [3.8, 4) is 0 Å². The molecule has 2 fully saturated rings. The molecule has 4 heterocycles. The van der Waals surface area contributed by atoms with Crippen LogP contribution in [0.25, 0.3) is 0 Å². The van der Waals surface area contributed by atoms with Crippen LogP contribution in [0, 0.1) is 6.92 Å². The Bertz CT molecular complexity index is 812. The molecule has 2 aliphatic rings. The van der Waals surface area contributed by atoms with Gasteiger partial charge in [-0.25, -0.2) is 9.97 Å². The van der Waals surface area contributed by atoms with Crippen LogP contribution in [0.4, 0.5) is 11.6 Å². The van der Waals surface area contributed by atoms with Crippen LogP contribution >= 0.6 is 22.9 Å². The number of hydrogen-bond acceptors (Lipinski definition) is 6. The summed E-state index contributed by atoms with van der Waals surface area (Å²) in [5, 5.41) is 0. The molecule has 0 aliphatic carbocycles. The van der Waals surface area contributed by atoms with E-state index in [-0.39, 0.29) is 5.91 Å². The molecular weight excluding hydrogens is 382 g/mol. The first-order valence-electron chi connectivity index (χ1n) is 9.50. The number of nitrogens with zero attached hydrogens (tertiary/aromatic N) is 5. The Labute approximate surface area is 168 Å². The van der Waals surface area contributed by atoms with E-state index in [2.05, 4.69) is 25.8 Å². The number of hydrogen-bond donors (Lipinski definition) is 0. The van der Waals surface area contributed by atoms with Crippen LogP contribution in [-0.4, -0.2) is 60.0 Å². The number of amides is 1. The van der Waals surface area contributed by atoms with Gasteiger partial charge in [0.2, 0.25) is 0 Å². The summed E-state index contributed by atoms with van der Waals surface area (Å²) in [6, 6.07) is 5.69. The minimum atomic E-state index is 0.0689. The summed E-state index contributed by atoms with van der Waals surface area (Å²) in [4.78, 5) is 29.1. The van der Waals surface area contributed by atoms with Crippen LogP contribution in [-0.2, 0) is 0 Å². The Morgan fingerprint density at radius 3 is 2.19 bits per heavy atom. The van der Waals surface area contributed by atoms with Gasteiger partial charge >= 0.3 is 0 Å². The fourth-order valence-corrected chi connectivity index (χ4v) is 4.72. The van der Waals surface area contributed by atoms with Crippen LogP contribution in [0.15, 0.2) is 18.2 Å². The zero-order valence-corrected chi connectivity index (χ0v) is 17.1. The van der Waals surface area contributed by atoms with Gasteiger partial charge in [-0.05, 0) is 38.3 Å². The van der Waals surface area contributed by atoms with Gasteiger partial charge in [-0.15, -0.1) is 11.3 Å². The lowest BCUT2D eigenvalue weighted by molar-refractivity contribution is 0.0751. The van der Waals surface area contributed by atoms with E-state index in [9.17, 15) is 4.79 Å². The fraction of sp³-hybridized carbons (Fsp3) is 0.526. The quantitative estimate of drug-likeness (QED) is 0.782. The summed E-state index contributed by atoms with van der Waals surface area (Å²) in [7, 11) is 0. The number of halogens is 1. The molecule has 2 aliphatic heterocycles. The summed E-state index contributed by atoms with van der Waals surface area (Å²) in [6.45, 7) is 7.04. The van der Waals surface area contributed by atoms with E-state index in [0.717, 1.165) is 43.6 Å². The number of piperazine rings is 1. The third kappa shape index (κ3) is 4.19. The molecule has 144 valence electrons. The summed E-state index contributed by atoms with van der Waals surface area (Å²) in [6.07, 6.45) is 3.76. The van der Waals surface area contributed by atoms with Crippen molar-refractivity contribution < 1.29 is 4.79 Å². The number of rotatable bonds is 3. The maximum absolute atomic E-state index is 12.6. The number of thiophene rings is 1. The molecule has 27 heavy (non-hydrogen) atoms. The molecule has 2 aromatic heterocycles. The molecule has 0 unspecified atom stereocenters. The molecule has 2 aromatic rings. The van der Waals surface area contributed by atoms with E-state index in [4.69, 9.17) is 11.6 Å². The maximum atomic E-state index is 12.6. The van der Waals surface area contributed by atoms with E-state index in [1.807, 2.05) is 11.8 Å². The molecule has 0 saturated carbocycles. The van der Waals surface area contributed by atoms with Crippen LogP contribution < -0.4 is 9.80 Å². The molecule has 0 atom stereocenters. The Morgan fingerprint density at radius 2 is 1.59 bits per heavy atom. The van der Waals surface area contributed by atoms with E-state index in [1.165, 1.54) is 30.6 Å². The van der Waals surface area contributed by atoms with Crippen LogP contribution in [0.2, 0.25) is 4.34 Å². The summed E-state index contributed by atoms with van der Waals surface area (Å²) in [5.74, 6) is 2.87. The van der Waals surface area contributed by atoms with Gasteiger partial charge in [-0.3, -0.25) is 4.79 Å². The summed E-state index contributed by atoms with van der Waals surface area (Å²) in [5.41, 5.74) is 0. The lowest BCUT2D eigenvalue weighted by atomic mass is 10.1. The Hall–Kier alpha value is -1.86. The minimum absolute atomic E-state index is 0.0689. The molecule has 4 rings (SSSR count). The first-order valence-corrected chi connectivity index (χ1v) is 10.7. The highest BCUT2D eigenvalue weighted by Crippen LogP contribution is 2.25. The number of carbonyl (C=O) groups excluding carboxylic acids is 1. The number of piperidine rings is 1. The third-order valence-electron chi connectivity index (χ3n) is 5.17. The molecule has 1 amide bonds. The smallest absolute Gasteiger partial charge is 0.264 e. The number of anilines is 2. The van der Waals surface area contributed by atoms with Crippen molar-refractivity contribution in [2.75, 3.05) is 49.1 Å². The Balaban J connectivity index is 1.43. The minimum Gasteiger partial charge on any atom is -0.356 e.